The van der Waals surface area contributed by atoms with Crippen LogP contribution < -0.4 is 11.1 Å². The number of nitrogens with two attached hydrogens (primary N) is 1. The molecule has 0 saturated heterocycles. The fraction of sp³-hybridized carbons (Fsp3) is 0.273. The molecule has 0 spiro atoms. The van der Waals surface area contributed by atoms with Crippen LogP contribution >= 0.6 is 11.3 Å². The van der Waals surface area contributed by atoms with Crippen molar-refractivity contribution < 1.29 is 10.0 Å². The van der Waals surface area contributed by atoms with Gasteiger partial charge in [-0.25, -0.2) is 4.98 Å². The number of anilines is 2. The van der Waals surface area contributed by atoms with Crippen molar-refractivity contribution in [2.75, 3.05) is 17.6 Å². The second-order valence-electron chi connectivity index (χ2n) is 4.36. The summed E-state index contributed by atoms with van der Waals surface area (Å²) >= 11 is 1.48. The third kappa shape index (κ3) is 3.00. The van der Waals surface area contributed by atoms with Crippen LogP contribution in [0, 0.1) is 10.1 Å². The lowest BCUT2D eigenvalue weighted by atomic mass is 9.99. The molecule has 4 N–H and O–H groups in total. The summed E-state index contributed by atoms with van der Waals surface area (Å²) < 4.78 is 0. The molecule has 0 bridgehead atoms. The molecule has 2 heterocycles. The molecule has 1 atom stereocenters. The molecule has 20 heavy (non-hydrogen) atoms. The Morgan fingerprint density at radius 1 is 1.65 bits per heavy atom. The van der Waals surface area contributed by atoms with Crippen molar-refractivity contribution in [1.82, 2.24) is 9.97 Å². The summed E-state index contributed by atoms with van der Waals surface area (Å²) in [6.07, 6.45) is 1.03. The molecule has 2 aromatic rings. The number of aromatic nitrogens is 2. The molecule has 0 amide bonds. The molecule has 2 rings (SSSR count). The zero-order chi connectivity index (χ0) is 14.8. The fourth-order valence-corrected chi connectivity index (χ4v) is 2.32. The lowest BCUT2D eigenvalue weighted by Gasteiger charge is -2.22. The summed E-state index contributed by atoms with van der Waals surface area (Å²) in [6.45, 7) is 1.80. The first-order valence-electron chi connectivity index (χ1n) is 5.66. The summed E-state index contributed by atoms with van der Waals surface area (Å²) in [4.78, 5) is 17.5. The molecule has 0 aliphatic heterocycles. The Labute approximate surface area is 118 Å². The van der Waals surface area contributed by atoms with Crippen LogP contribution in [0.4, 0.5) is 17.5 Å². The predicted octanol–water partition coefficient (Wildman–Crippen LogP) is 1.35. The zero-order valence-corrected chi connectivity index (χ0v) is 11.4. The highest BCUT2D eigenvalue weighted by Gasteiger charge is 2.24. The maximum atomic E-state index is 10.6. The number of hydrogen-bond acceptors (Lipinski definition) is 8. The topological polar surface area (TPSA) is 127 Å². The highest BCUT2D eigenvalue weighted by Crippen LogP contribution is 2.24. The zero-order valence-electron chi connectivity index (χ0n) is 10.6. The van der Waals surface area contributed by atoms with Crippen LogP contribution in [-0.2, 0) is 5.60 Å². The summed E-state index contributed by atoms with van der Waals surface area (Å²) in [6, 6.07) is 1.82. The van der Waals surface area contributed by atoms with E-state index in [2.05, 4.69) is 15.3 Å². The Balaban J connectivity index is 2.08. The third-order valence-corrected chi connectivity index (χ3v) is 3.41. The lowest BCUT2D eigenvalue weighted by Crippen LogP contribution is -2.30. The number of nitro groups is 1. The standard InChI is InChI=1S/C11H13N5O3S/c1-11(17,7-2-3-20-5-7)6-14-10-13-4-8(16(18)19)9(12)15-10/h2-5,17H,6H2,1H3,(H3,12,13,14,15). The first-order chi connectivity index (χ1) is 9.40. The highest BCUT2D eigenvalue weighted by molar-refractivity contribution is 7.08. The molecule has 0 aliphatic rings. The van der Waals surface area contributed by atoms with E-state index >= 15 is 0 Å². The van der Waals surface area contributed by atoms with Crippen molar-refractivity contribution in [3.63, 3.8) is 0 Å². The van der Waals surface area contributed by atoms with Gasteiger partial charge in [-0.15, -0.1) is 0 Å². The largest absolute Gasteiger partial charge is 0.384 e. The second kappa shape index (κ2) is 5.39. The first kappa shape index (κ1) is 14.2. The monoisotopic (exact) mass is 295 g/mol. The normalized spacial score (nSPS) is 13.7. The van der Waals surface area contributed by atoms with Crippen LogP contribution in [0.5, 0.6) is 0 Å². The van der Waals surface area contributed by atoms with Gasteiger partial charge in [0.1, 0.15) is 11.8 Å². The van der Waals surface area contributed by atoms with E-state index < -0.39 is 10.5 Å². The van der Waals surface area contributed by atoms with E-state index in [-0.39, 0.29) is 24.0 Å². The Morgan fingerprint density at radius 2 is 2.40 bits per heavy atom. The molecule has 9 heteroatoms. The molecular formula is C11H13N5O3S. The molecular weight excluding hydrogens is 282 g/mol. The van der Waals surface area contributed by atoms with Gasteiger partial charge in [-0.3, -0.25) is 10.1 Å². The molecule has 0 fully saturated rings. The maximum absolute atomic E-state index is 10.6. The van der Waals surface area contributed by atoms with Crippen LogP contribution in [0.1, 0.15) is 12.5 Å². The molecule has 0 aliphatic carbocycles. The SMILES string of the molecule is CC(O)(CNc1ncc([N+](=O)[O-])c(N)n1)c1ccsc1. The van der Waals surface area contributed by atoms with Gasteiger partial charge in [-0.05, 0) is 29.3 Å². The summed E-state index contributed by atoms with van der Waals surface area (Å²) in [7, 11) is 0. The van der Waals surface area contributed by atoms with Gasteiger partial charge in [0.2, 0.25) is 11.8 Å². The molecule has 106 valence electrons. The average molecular weight is 295 g/mol. The minimum atomic E-state index is -1.10. The predicted molar refractivity (Wildman–Crippen MR) is 75.5 cm³/mol. The molecule has 0 aromatic carbocycles. The quantitative estimate of drug-likeness (QED) is 0.561. The second-order valence-corrected chi connectivity index (χ2v) is 5.14. The van der Waals surface area contributed by atoms with Crippen molar-refractivity contribution in [2.45, 2.75) is 12.5 Å². The first-order valence-corrected chi connectivity index (χ1v) is 6.60. The minimum absolute atomic E-state index is 0.128. The molecule has 0 saturated carbocycles. The highest BCUT2D eigenvalue weighted by atomic mass is 32.1. The van der Waals surface area contributed by atoms with E-state index in [1.54, 1.807) is 6.92 Å². The van der Waals surface area contributed by atoms with Crippen LogP contribution in [0.25, 0.3) is 0 Å². The Morgan fingerprint density at radius 3 is 2.95 bits per heavy atom. The van der Waals surface area contributed by atoms with Crippen molar-refractivity contribution in [3.8, 4) is 0 Å². The number of nitrogens with one attached hydrogen (secondary N) is 1. The van der Waals surface area contributed by atoms with Gasteiger partial charge in [0, 0.05) is 0 Å². The number of hydrogen-bond donors (Lipinski definition) is 3. The van der Waals surface area contributed by atoms with E-state index in [4.69, 9.17) is 5.73 Å². The Hall–Kier alpha value is -2.26. The van der Waals surface area contributed by atoms with Gasteiger partial charge >= 0.3 is 5.69 Å². The van der Waals surface area contributed by atoms with Gasteiger partial charge < -0.3 is 16.2 Å². The Kier molecular flexibility index (Phi) is 3.81. The summed E-state index contributed by atoms with van der Waals surface area (Å²) in [5, 5.41) is 27.4. The number of thiophene rings is 1. The molecule has 8 nitrogen and oxygen atoms in total. The van der Waals surface area contributed by atoms with Gasteiger partial charge in [0.25, 0.3) is 0 Å². The van der Waals surface area contributed by atoms with Gasteiger partial charge in [0.05, 0.1) is 11.5 Å². The molecule has 1 unspecified atom stereocenters. The fourth-order valence-electron chi connectivity index (χ4n) is 1.54. The molecule has 0 radical (unpaired) electrons. The third-order valence-electron chi connectivity index (χ3n) is 2.73. The average Bonchev–Trinajstić information content (AvgIpc) is 2.90. The van der Waals surface area contributed by atoms with E-state index in [9.17, 15) is 15.2 Å². The van der Waals surface area contributed by atoms with Crippen molar-refractivity contribution >= 4 is 28.8 Å². The van der Waals surface area contributed by atoms with E-state index in [0.717, 1.165) is 11.8 Å². The van der Waals surface area contributed by atoms with Crippen LogP contribution in [-0.4, -0.2) is 26.5 Å². The number of nitrogen functional groups attached to an aromatic ring is 1. The van der Waals surface area contributed by atoms with Crippen molar-refractivity contribution in [2.24, 2.45) is 0 Å². The van der Waals surface area contributed by atoms with E-state index in [1.807, 2.05) is 16.8 Å². The summed E-state index contributed by atoms with van der Waals surface area (Å²) in [5.74, 6) is -0.0914. The lowest BCUT2D eigenvalue weighted by molar-refractivity contribution is -0.384. The van der Waals surface area contributed by atoms with Crippen LogP contribution in [0.15, 0.2) is 23.0 Å². The number of aliphatic hydroxyl groups is 1. The van der Waals surface area contributed by atoms with E-state index in [0.29, 0.717) is 0 Å². The summed E-state index contributed by atoms with van der Waals surface area (Å²) in [5.41, 5.74) is 4.79. The number of rotatable bonds is 5. The van der Waals surface area contributed by atoms with Gasteiger partial charge in [0.15, 0.2) is 0 Å². The van der Waals surface area contributed by atoms with Gasteiger partial charge in [-0.1, -0.05) is 0 Å². The number of nitrogens with zero attached hydrogens (tertiary/aromatic N) is 3. The minimum Gasteiger partial charge on any atom is -0.384 e. The van der Waals surface area contributed by atoms with Crippen molar-refractivity contribution in [3.05, 3.63) is 38.7 Å². The molecule has 2 aromatic heterocycles. The van der Waals surface area contributed by atoms with Gasteiger partial charge in [-0.2, -0.15) is 16.3 Å². The van der Waals surface area contributed by atoms with Crippen molar-refractivity contribution in [1.29, 1.82) is 0 Å². The van der Waals surface area contributed by atoms with E-state index in [1.165, 1.54) is 11.3 Å². The maximum Gasteiger partial charge on any atom is 0.329 e. The Bertz CT molecular complexity index is 615. The smallest absolute Gasteiger partial charge is 0.329 e. The van der Waals surface area contributed by atoms with Crippen LogP contribution in [0.2, 0.25) is 0 Å². The van der Waals surface area contributed by atoms with Crippen LogP contribution in [0.3, 0.4) is 0 Å².